The Morgan fingerprint density at radius 1 is 0.756 bits per heavy atom. The van der Waals surface area contributed by atoms with Crippen LogP contribution in [0.2, 0.25) is 0 Å². The number of hydrogen-bond acceptors (Lipinski definition) is 5. The van der Waals surface area contributed by atoms with E-state index in [-0.39, 0.29) is 11.9 Å². The fourth-order valence-electron chi connectivity index (χ4n) is 5.49. The molecule has 0 atom stereocenters. The van der Waals surface area contributed by atoms with Gasteiger partial charge in [-0.05, 0) is 35.6 Å². The molecule has 0 aliphatic carbocycles. The molecule has 210 valence electrons. The predicted octanol–water partition coefficient (Wildman–Crippen LogP) is 5.15. The third-order valence-electron chi connectivity index (χ3n) is 7.87. The van der Waals surface area contributed by atoms with E-state index in [9.17, 15) is 9.59 Å². The highest BCUT2D eigenvalue weighted by atomic mass is 16.5. The Morgan fingerprint density at radius 2 is 1.46 bits per heavy atom. The maximum Gasteiger partial charge on any atom is 0.344 e. The molecule has 3 aromatic carbocycles. The van der Waals surface area contributed by atoms with Gasteiger partial charge in [-0.25, -0.2) is 4.79 Å². The van der Waals surface area contributed by atoms with Crippen LogP contribution in [-0.2, 0) is 13.2 Å². The zero-order valence-corrected chi connectivity index (χ0v) is 23.2. The van der Waals surface area contributed by atoms with Crippen molar-refractivity contribution in [3.05, 3.63) is 108 Å². The van der Waals surface area contributed by atoms with Gasteiger partial charge < -0.3 is 14.5 Å². The largest absolute Gasteiger partial charge is 0.489 e. The van der Waals surface area contributed by atoms with E-state index in [1.807, 2.05) is 41.3 Å². The van der Waals surface area contributed by atoms with E-state index in [1.165, 1.54) is 10.9 Å². The Morgan fingerprint density at radius 3 is 2.20 bits per heavy atom. The number of carbonyl (C=O) groups excluding carboxylic acids is 2. The summed E-state index contributed by atoms with van der Waals surface area (Å²) in [4.78, 5) is 31.8. The Kier molecular flexibility index (Phi) is 8.09. The maximum atomic E-state index is 13.1. The zero-order valence-electron chi connectivity index (χ0n) is 23.2. The van der Waals surface area contributed by atoms with Gasteiger partial charge in [-0.3, -0.25) is 9.69 Å². The molecule has 0 radical (unpaired) electrons. The van der Waals surface area contributed by atoms with Crippen LogP contribution < -0.4 is 4.74 Å². The smallest absolute Gasteiger partial charge is 0.344 e. The lowest BCUT2D eigenvalue weighted by molar-refractivity contribution is 0.0793. The van der Waals surface area contributed by atoms with Crippen LogP contribution in [0.15, 0.2) is 91.3 Å². The topological polar surface area (TPSA) is 70.9 Å². The van der Waals surface area contributed by atoms with Crippen molar-refractivity contribution >= 4 is 11.9 Å². The van der Waals surface area contributed by atoms with Crippen molar-refractivity contribution in [2.45, 2.75) is 26.0 Å². The molecule has 2 fully saturated rings. The van der Waals surface area contributed by atoms with Crippen molar-refractivity contribution in [2.24, 2.45) is 0 Å². The number of carbonyl (C=O) groups is 2. The average molecular weight is 550 g/mol. The van der Waals surface area contributed by atoms with Crippen molar-refractivity contribution in [1.29, 1.82) is 0 Å². The molecule has 0 unspecified atom stereocenters. The lowest BCUT2D eigenvalue weighted by atomic mass is 10.0. The highest BCUT2D eigenvalue weighted by Crippen LogP contribution is 2.29. The summed E-state index contributed by atoms with van der Waals surface area (Å²) in [5.41, 5.74) is 4.99. The normalized spacial score (nSPS) is 15.7. The summed E-state index contributed by atoms with van der Waals surface area (Å²) in [5, 5.41) is 4.21. The Hall–Kier alpha value is -4.43. The molecule has 2 saturated heterocycles. The molecule has 1 aromatic heterocycles. The monoisotopic (exact) mass is 549 g/mol. The van der Waals surface area contributed by atoms with Gasteiger partial charge in [0, 0.05) is 57.6 Å². The van der Waals surface area contributed by atoms with Crippen LogP contribution in [-0.4, -0.2) is 75.7 Å². The van der Waals surface area contributed by atoms with E-state index in [0.29, 0.717) is 25.3 Å². The summed E-state index contributed by atoms with van der Waals surface area (Å²) in [7, 11) is 0. The molecule has 4 aromatic rings. The van der Waals surface area contributed by atoms with Gasteiger partial charge in [-0.2, -0.15) is 9.78 Å². The molecule has 0 N–H and O–H groups in total. The third kappa shape index (κ3) is 6.33. The molecule has 8 nitrogen and oxygen atoms in total. The van der Waals surface area contributed by atoms with E-state index in [4.69, 9.17) is 4.74 Å². The fraction of sp³-hybridized carbons (Fsp3) is 0.303. The van der Waals surface area contributed by atoms with Gasteiger partial charge in [0.2, 0.25) is 0 Å². The summed E-state index contributed by atoms with van der Waals surface area (Å²) in [5.74, 6) is 0.829. The molecular weight excluding hydrogens is 514 g/mol. The van der Waals surface area contributed by atoms with Gasteiger partial charge in [0.1, 0.15) is 12.4 Å². The second-order valence-corrected chi connectivity index (χ2v) is 10.7. The first-order valence-corrected chi connectivity index (χ1v) is 14.3. The number of ether oxygens (including phenoxy) is 1. The van der Waals surface area contributed by atoms with Gasteiger partial charge in [0.15, 0.2) is 0 Å². The molecule has 8 heteroatoms. The van der Waals surface area contributed by atoms with Crippen molar-refractivity contribution in [3.8, 4) is 16.9 Å². The minimum atomic E-state index is -0.191. The van der Waals surface area contributed by atoms with Crippen LogP contribution in [0.3, 0.4) is 0 Å². The van der Waals surface area contributed by atoms with Gasteiger partial charge in [0.25, 0.3) is 5.91 Å². The quantitative estimate of drug-likeness (QED) is 0.319. The van der Waals surface area contributed by atoms with Gasteiger partial charge in [-0.15, -0.1) is 0 Å². The maximum absolute atomic E-state index is 13.1. The Labute approximate surface area is 240 Å². The number of hydrogen-bond donors (Lipinski definition) is 0. The van der Waals surface area contributed by atoms with Crippen LogP contribution in [0.4, 0.5) is 4.79 Å². The molecule has 2 amide bonds. The number of amides is 2. The lowest BCUT2D eigenvalue weighted by Crippen LogP contribution is -2.49. The first-order valence-electron chi connectivity index (χ1n) is 14.3. The first-order chi connectivity index (χ1) is 20.1. The summed E-state index contributed by atoms with van der Waals surface area (Å²) >= 11 is 0. The first kappa shape index (κ1) is 26.8. The predicted molar refractivity (Wildman–Crippen MR) is 158 cm³/mol. The van der Waals surface area contributed by atoms with Crippen LogP contribution >= 0.6 is 0 Å². The highest BCUT2D eigenvalue weighted by molar-refractivity contribution is 5.94. The molecule has 6 rings (SSSR count). The second-order valence-electron chi connectivity index (χ2n) is 10.7. The molecular formula is C33H35N5O3. The number of piperazine rings is 1. The minimum absolute atomic E-state index is 0.0464. The molecule has 0 spiro atoms. The minimum Gasteiger partial charge on any atom is -0.489 e. The summed E-state index contributed by atoms with van der Waals surface area (Å²) < 4.78 is 7.67. The zero-order chi connectivity index (χ0) is 28.0. The lowest BCUT2D eigenvalue weighted by Gasteiger charge is -2.34. The van der Waals surface area contributed by atoms with E-state index in [1.54, 1.807) is 11.1 Å². The molecule has 2 aliphatic heterocycles. The van der Waals surface area contributed by atoms with Crippen molar-refractivity contribution in [2.75, 3.05) is 39.3 Å². The molecule has 2 aliphatic rings. The second kappa shape index (κ2) is 12.4. The summed E-state index contributed by atoms with van der Waals surface area (Å²) in [6.45, 7) is 5.45. The van der Waals surface area contributed by atoms with E-state index in [0.717, 1.165) is 73.6 Å². The van der Waals surface area contributed by atoms with E-state index >= 15 is 0 Å². The van der Waals surface area contributed by atoms with Gasteiger partial charge >= 0.3 is 6.03 Å². The fourth-order valence-corrected chi connectivity index (χ4v) is 5.49. The van der Waals surface area contributed by atoms with Crippen LogP contribution in [0.1, 0.15) is 34.3 Å². The number of likely N-dealkylation sites (tertiary alicyclic amines) is 1. The number of rotatable bonds is 7. The van der Waals surface area contributed by atoms with Gasteiger partial charge in [-0.1, -0.05) is 72.8 Å². The standard InChI is InChI=1S/C33H35N5O3/c39-32(36-15-7-8-16-36)30-22-34-38(24-30)33(40)37-19-17-35(18-20-37)23-29-14-13-28(27-11-5-2-6-12-27)21-31(29)41-25-26-9-3-1-4-10-26/h1-6,9-14,21-22,24H,7-8,15-20,23,25H2. The molecule has 0 saturated carbocycles. The number of benzene rings is 3. The molecule has 3 heterocycles. The van der Waals surface area contributed by atoms with Gasteiger partial charge in [0.05, 0.1) is 11.8 Å². The summed E-state index contributed by atoms with van der Waals surface area (Å²) in [6.07, 6.45) is 5.13. The number of aromatic nitrogens is 2. The van der Waals surface area contributed by atoms with E-state index < -0.39 is 0 Å². The van der Waals surface area contributed by atoms with Crippen molar-refractivity contribution < 1.29 is 14.3 Å². The average Bonchev–Trinajstić information content (AvgIpc) is 3.75. The molecule has 0 bridgehead atoms. The van der Waals surface area contributed by atoms with Crippen molar-refractivity contribution in [3.63, 3.8) is 0 Å². The van der Waals surface area contributed by atoms with Crippen LogP contribution in [0.25, 0.3) is 11.1 Å². The van der Waals surface area contributed by atoms with Crippen molar-refractivity contribution in [1.82, 2.24) is 24.5 Å². The third-order valence-corrected chi connectivity index (χ3v) is 7.87. The van der Waals surface area contributed by atoms with Crippen LogP contribution in [0.5, 0.6) is 5.75 Å². The molecule has 41 heavy (non-hydrogen) atoms. The highest BCUT2D eigenvalue weighted by Gasteiger charge is 2.26. The van der Waals surface area contributed by atoms with Crippen LogP contribution in [0, 0.1) is 0 Å². The SMILES string of the molecule is O=C(c1cnn(C(=O)N2CCN(Cc3ccc(-c4ccccc4)cc3OCc3ccccc3)CC2)c1)N1CCCC1. The Balaban J connectivity index is 1.10. The summed E-state index contributed by atoms with van der Waals surface area (Å²) in [6, 6.07) is 26.8. The number of nitrogens with zero attached hydrogens (tertiary/aromatic N) is 5. The van der Waals surface area contributed by atoms with E-state index in [2.05, 4.69) is 52.5 Å². The Bertz CT molecular complexity index is 1470.